The predicted molar refractivity (Wildman–Crippen MR) is 393 cm³/mol. The van der Waals surface area contributed by atoms with E-state index in [4.69, 9.17) is 56.0 Å². The number of phosphoric acid groups is 2. The Hall–Kier alpha value is -2.76. The van der Waals surface area contributed by atoms with Crippen LogP contribution in [0.2, 0.25) is 0 Å². The zero-order valence-corrected chi connectivity index (χ0v) is 65.1. The molecule has 2 amide bonds. The molecule has 1 unspecified atom stereocenters. The minimum atomic E-state index is -5.42. The Morgan fingerprint density at radius 1 is 0.530 bits per heavy atom. The molecular weight excluding hydrogens is 1320 g/mol. The van der Waals surface area contributed by atoms with Crippen LogP contribution in [-0.2, 0) is 84.3 Å². The Kier molecular flexibility index (Phi) is 55.4. The number of hydrogen-bond donors (Lipinski definition) is 4. The van der Waals surface area contributed by atoms with Crippen molar-refractivity contribution in [2.45, 2.75) is 366 Å². The van der Waals surface area contributed by atoms with Gasteiger partial charge >= 0.3 is 21.6 Å². The summed E-state index contributed by atoms with van der Waals surface area (Å²) in [4.78, 5) is 76.2. The predicted octanol–water partition coefficient (Wildman–Crippen LogP) is 17.2. The Labute approximate surface area is 604 Å². The topological polar surface area (TPSA) is 278 Å². The van der Waals surface area contributed by atoms with Crippen LogP contribution in [0.1, 0.15) is 298 Å². The molecule has 22 nitrogen and oxygen atoms in total. The number of allylic oxidation sites excluding steroid dienone is 2. The van der Waals surface area contributed by atoms with Gasteiger partial charge in [-0.2, -0.15) is 0 Å². The lowest BCUT2D eigenvalue weighted by Gasteiger charge is -2.48. The first kappa shape index (κ1) is 93.3. The van der Waals surface area contributed by atoms with Gasteiger partial charge in [0, 0.05) is 53.1 Å². The maximum atomic E-state index is 14.7. The molecule has 12 atom stereocenters. The van der Waals surface area contributed by atoms with Crippen LogP contribution < -0.4 is 10.6 Å². The highest BCUT2D eigenvalue weighted by atomic mass is 31.2. The number of unbranched alkanes of at least 4 members (excludes halogenated alkanes) is 30. The fourth-order valence-electron chi connectivity index (χ4n) is 12.8. The van der Waals surface area contributed by atoms with Gasteiger partial charge in [0.2, 0.25) is 11.8 Å². The van der Waals surface area contributed by atoms with E-state index in [1.54, 1.807) is 14.0 Å². The number of ketones is 1. The van der Waals surface area contributed by atoms with Crippen molar-refractivity contribution < 1.29 is 94.1 Å². The molecule has 4 N–H and O–H groups in total. The number of rotatable bonds is 67. The van der Waals surface area contributed by atoms with Crippen LogP contribution in [0.15, 0.2) is 37.5 Å². The van der Waals surface area contributed by atoms with Crippen LogP contribution in [0, 0.1) is 5.92 Å². The molecule has 584 valence electrons. The molecule has 24 heteroatoms. The molecule has 0 spiro atoms. The summed E-state index contributed by atoms with van der Waals surface area (Å²) in [7, 11) is -6.80. The number of carbonyl (C=O) groups is 4. The van der Waals surface area contributed by atoms with Crippen molar-refractivity contribution >= 4 is 39.2 Å². The Morgan fingerprint density at radius 2 is 1.00 bits per heavy atom. The van der Waals surface area contributed by atoms with Crippen LogP contribution in [0.25, 0.3) is 0 Å². The first-order chi connectivity index (χ1) is 48.3. The molecule has 0 saturated carbocycles. The molecule has 0 radical (unpaired) electrons. The van der Waals surface area contributed by atoms with E-state index in [2.05, 4.69) is 63.6 Å². The SMILES string of the molecule is C=CCOP(=O)(OCC=C)O[C@H]1[C@H](OCC[C@@H](CCCCCCC)OC)[C@@H](NC(=O)CCCCCCCCC/C=C\CCCCCC)[C@H](OCC(C)[C@H]2O[C@H](OP(=O)(O)O)[C@H](NC(=O)CC(=O)CCCCCCCCCCC)[C@@H](OCCCCCCCCCC)[C@@H]2OC(C)=O)O[C@@H]1COC. The lowest BCUT2D eigenvalue weighted by molar-refractivity contribution is -0.291. The van der Waals surface area contributed by atoms with Crippen molar-refractivity contribution in [2.75, 3.05) is 53.9 Å². The fourth-order valence-corrected chi connectivity index (χ4v) is 14.6. The summed E-state index contributed by atoms with van der Waals surface area (Å²) < 4.78 is 102. The molecule has 2 fully saturated rings. The summed E-state index contributed by atoms with van der Waals surface area (Å²) in [5.41, 5.74) is 0. The zero-order valence-electron chi connectivity index (χ0n) is 63.3. The second-order valence-corrected chi connectivity index (χ2v) is 30.3. The summed E-state index contributed by atoms with van der Waals surface area (Å²) >= 11 is 0. The lowest BCUT2D eigenvalue weighted by Crippen LogP contribution is -2.67. The Bertz CT molecular complexity index is 2230. The number of ether oxygens (including phenoxy) is 8. The van der Waals surface area contributed by atoms with Gasteiger partial charge in [-0.05, 0) is 57.8 Å². The summed E-state index contributed by atoms with van der Waals surface area (Å²) in [5, 5.41) is 5.92. The molecule has 0 aliphatic carbocycles. The van der Waals surface area contributed by atoms with Gasteiger partial charge in [0.15, 0.2) is 18.7 Å². The molecule has 2 rings (SSSR count). The minimum absolute atomic E-state index is 0.0836. The zero-order chi connectivity index (χ0) is 73.5. The molecular formula is C76H140N2O20P2. The van der Waals surface area contributed by atoms with Gasteiger partial charge in [0.1, 0.15) is 48.4 Å². The average Bonchev–Trinajstić information content (AvgIpc) is 0.781. The van der Waals surface area contributed by atoms with E-state index in [1.807, 2.05) is 0 Å². The van der Waals surface area contributed by atoms with Gasteiger partial charge in [-0.15, -0.1) is 13.2 Å². The van der Waals surface area contributed by atoms with Crippen LogP contribution in [-0.4, -0.2) is 155 Å². The molecule has 0 bridgehead atoms. The summed E-state index contributed by atoms with van der Waals surface area (Å²) in [6.45, 7) is 18.4. The number of esters is 1. The van der Waals surface area contributed by atoms with Gasteiger partial charge in [-0.25, -0.2) is 9.13 Å². The number of amides is 2. The molecule has 100 heavy (non-hydrogen) atoms. The third kappa shape index (κ3) is 43.6. The van der Waals surface area contributed by atoms with Crippen molar-refractivity contribution in [1.29, 1.82) is 0 Å². The number of methoxy groups -OCH3 is 2. The number of carbonyl (C=O) groups excluding carboxylic acids is 4. The standard InChI is InChI=1S/C76H140N2O20P2/c1-11-17-21-25-28-31-32-33-34-35-36-38-40-44-48-52-66(81)77-68-72(90-57-53-64(88-10)51-47-42-24-20-14-4)71(97-100(86,92-54-15-5)93-55-16-6)65(60-87-9)95-75(68)91-59-61(7)70-74(94-62(8)79)73(89-56-49-45-41-30-27-23-19-13-3)69(76(96-70)98-99(83,84)85)78-67(82)58-63(80)50-46-43-39-37-29-26-22-18-12-2/h15-16,31-32,61,64-65,68-76H,5-6,11-14,17-30,33-60H2,1-4,7-10H3,(H,77,81)(H,78,82)(H2,83,84,85)/b32-31-/t61?,64-,65-,68-,69-,70-,71-,72-,73-,74-,75-,76-/m1/s1. The van der Waals surface area contributed by atoms with E-state index in [1.165, 1.54) is 77.6 Å². The summed E-state index contributed by atoms with van der Waals surface area (Å²) in [6.07, 6.45) is 34.0. The Morgan fingerprint density at radius 3 is 1.52 bits per heavy atom. The number of nitrogens with one attached hydrogen (secondary N) is 2. The smallest absolute Gasteiger partial charge is 0.457 e. The number of phosphoric ester groups is 2. The van der Waals surface area contributed by atoms with Crippen LogP contribution >= 0.6 is 15.6 Å². The van der Waals surface area contributed by atoms with Crippen molar-refractivity contribution in [2.24, 2.45) is 5.92 Å². The average molecular weight is 1460 g/mol. The first-order valence-corrected chi connectivity index (χ1v) is 42.0. The van der Waals surface area contributed by atoms with Gasteiger partial charge < -0.3 is 58.3 Å². The molecule has 2 aliphatic rings. The highest BCUT2D eigenvalue weighted by Gasteiger charge is 2.55. The number of hydrogen-bond acceptors (Lipinski definition) is 18. The second kappa shape index (κ2) is 59.4. The Balaban J connectivity index is 2.68. The van der Waals surface area contributed by atoms with E-state index < -0.39 is 101 Å². The normalized spacial score (nSPS) is 21.8. The molecule has 0 aromatic heterocycles. The van der Waals surface area contributed by atoms with Crippen LogP contribution in [0.5, 0.6) is 0 Å². The van der Waals surface area contributed by atoms with E-state index >= 15 is 0 Å². The quantitative estimate of drug-likeness (QED) is 0.0145. The number of Topliss-reactive ketones (excluding diaryl/α,β-unsaturated/α-hetero) is 1. The molecule has 2 aliphatic heterocycles. The van der Waals surface area contributed by atoms with E-state index in [0.29, 0.717) is 25.7 Å². The van der Waals surface area contributed by atoms with Crippen LogP contribution in [0.3, 0.4) is 0 Å². The van der Waals surface area contributed by atoms with Gasteiger partial charge in [0.05, 0.1) is 39.0 Å². The van der Waals surface area contributed by atoms with E-state index in [0.717, 1.165) is 161 Å². The third-order valence-electron chi connectivity index (χ3n) is 18.4. The van der Waals surface area contributed by atoms with Gasteiger partial charge in [-0.1, -0.05) is 239 Å². The van der Waals surface area contributed by atoms with Crippen molar-refractivity contribution in [1.82, 2.24) is 10.6 Å². The summed E-state index contributed by atoms with van der Waals surface area (Å²) in [6, 6.07) is -2.70. The van der Waals surface area contributed by atoms with Gasteiger partial charge in [0.25, 0.3) is 0 Å². The van der Waals surface area contributed by atoms with E-state index in [9.17, 15) is 38.1 Å². The second-order valence-electron chi connectivity index (χ2n) is 27.4. The maximum absolute atomic E-state index is 14.7. The lowest BCUT2D eigenvalue weighted by atomic mass is 9.89. The highest BCUT2D eigenvalue weighted by Crippen LogP contribution is 2.53. The minimum Gasteiger partial charge on any atom is -0.457 e. The highest BCUT2D eigenvalue weighted by molar-refractivity contribution is 7.48. The summed E-state index contributed by atoms with van der Waals surface area (Å²) in [5.74, 6) is -3.05. The molecule has 2 saturated heterocycles. The van der Waals surface area contributed by atoms with Crippen molar-refractivity contribution in [3.63, 3.8) is 0 Å². The maximum Gasteiger partial charge on any atom is 0.475 e. The first-order valence-electron chi connectivity index (χ1n) is 39.0. The largest absolute Gasteiger partial charge is 0.475 e. The molecule has 0 aromatic rings. The molecule has 0 aromatic carbocycles. The fraction of sp³-hybridized carbons (Fsp3) is 0.868. The van der Waals surface area contributed by atoms with Gasteiger partial charge in [-0.3, -0.25) is 37.3 Å². The van der Waals surface area contributed by atoms with Crippen molar-refractivity contribution in [3.8, 4) is 0 Å². The van der Waals surface area contributed by atoms with E-state index in [-0.39, 0.29) is 70.3 Å². The van der Waals surface area contributed by atoms with Crippen molar-refractivity contribution in [3.05, 3.63) is 37.5 Å². The third-order valence-corrected chi connectivity index (χ3v) is 20.3. The van der Waals surface area contributed by atoms with Crippen LogP contribution in [0.4, 0.5) is 0 Å². The molecule has 2 heterocycles. The monoisotopic (exact) mass is 1460 g/mol.